The second kappa shape index (κ2) is 11.7. The van der Waals surface area contributed by atoms with E-state index >= 15 is 0 Å². The Kier molecular flexibility index (Phi) is 9.64. The Morgan fingerprint density at radius 2 is 1.69 bits per heavy atom. The van der Waals surface area contributed by atoms with Gasteiger partial charge in [0.15, 0.2) is 6.61 Å². The number of nitrogens with one attached hydrogen (secondary N) is 2. The van der Waals surface area contributed by atoms with Crippen molar-refractivity contribution in [3.8, 4) is 5.75 Å². The number of hydrogen-bond acceptors (Lipinski definition) is 6. The second-order valence-electron chi connectivity index (χ2n) is 6.83. The van der Waals surface area contributed by atoms with E-state index in [1.54, 1.807) is 52.2 Å². The van der Waals surface area contributed by atoms with Gasteiger partial charge >= 0.3 is 5.97 Å². The van der Waals surface area contributed by atoms with Crippen LogP contribution in [0.25, 0.3) is 0 Å². The highest BCUT2D eigenvalue weighted by Gasteiger charge is 2.26. The minimum atomic E-state index is -0.926. The third-order valence-corrected chi connectivity index (χ3v) is 3.92. The fourth-order valence-corrected chi connectivity index (χ4v) is 2.20. The van der Waals surface area contributed by atoms with Gasteiger partial charge < -0.3 is 25.0 Å². The Morgan fingerprint density at radius 1 is 1.07 bits per heavy atom. The number of esters is 1. The Hall–Kier alpha value is -3.10. The van der Waals surface area contributed by atoms with Crippen molar-refractivity contribution in [2.45, 2.75) is 26.8 Å². The number of benzene rings is 1. The molecule has 9 nitrogen and oxygen atoms in total. The highest BCUT2D eigenvalue weighted by atomic mass is 16.5. The summed E-state index contributed by atoms with van der Waals surface area (Å²) in [6, 6.07) is 5.60. The van der Waals surface area contributed by atoms with Crippen molar-refractivity contribution in [3.05, 3.63) is 29.8 Å². The topological polar surface area (TPSA) is 114 Å². The molecule has 1 aromatic rings. The summed E-state index contributed by atoms with van der Waals surface area (Å²) in [5.74, 6) is -1.67. The summed E-state index contributed by atoms with van der Waals surface area (Å²) >= 11 is 0. The van der Waals surface area contributed by atoms with Gasteiger partial charge in [-0.25, -0.2) is 4.79 Å². The van der Waals surface area contributed by atoms with E-state index in [1.807, 2.05) is 6.92 Å². The van der Waals surface area contributed by atoms with Crippen LogP contribution in [0, 0.1) is 5.92 Å². The predicted octanol–water partition coefficient (Wildman–Crippen LogP) is 0.587. The van der Waals surface area contributed by atoms with Crippen molar-refractivity contribution in [2.75, 3.05) is 33.9 Å². The molecule has 1 rings (SSSR count). The summed E-state index contributed by atoms with van der Waals surface area (Å²) in [6.07, 6.45) is 0. The molecule has 0 saturated carbocycles. The van der Waals surface area contributed by atoms with Crippen molar-refractivity contribution in [1.29, 1.82) is 0 Å². The predicted molar refractivity (Wildman–Crippen MR) is 106 cm³/mol. The molecule has 0 fully saturated rings. The van der Waals surface area contributed by atoms with E-state index in [2.05, 4.69) is 10.6 Å². The van der Waals surface area contributed by atoms with Crippen LogP contribution in [-0.4, -0.2) is 68.5 Å². The molecular formula is C20H29N3O6. The lowest BCUT2D eigenvalue weighted by Gasteiger charge is -2.21. The van der Waals surface area contributed by atoms with Gasteiger partial charge in [-0.05, 0) is 37.1 Å². The molecule has 0 unspecified atom stereocenters. The number of carbonyl (C=O) groups excluding carboxylic acids is 4. The Labute approximate surface area is 170 Å². The average molecular weight is 407 g/mol. The molecule has 0 aliphatic carbocycles. The zero-order valence-corrected chi connectivity index (χ0v) is 17.5. The first kappa shape index (κ1) is 23.9. The van der Waals surface area contributed by atoms with Crippen molar-refractivity contribution >= 4 is 23.7 Å². The molecule has 0 saturated heterocycles. The summed E-state index contributed by atoms with van der Waals surface area (Å²) < 4.78 is 10.3. The Balaban J connectivity index is 2.60. The maximum Gasteiger partial charge on any atom is 0.329 e. The quantitative estimate of drug-likeness (QED) is 0.549. The molecule has 160 valence electrons. The van der Waals surface area contributed by atoms with E-state index in [4.69, 9.17) is 9.47 Å². The van der Waals surface area contributed by atoms with Gasteiger partial charge in [-0.1, -0.05) is 13.8 Å². The van der Waals surface area contributed by atoms with Crippen molar-refractivity contribution < 1.29 is 28.7 Å². The molecule has 3 amide bonds. The molecule has 0 heterocycles. The lowest BCUT2D eigenvalue weighted by atomic mass is 10.0. The first-order chi connectivity index (χ1) is 13.6. The lowest BCUT2D eigenvalue weighted by molar-refractivity contribution is -0.151. The van der Waals surface area contributed by atoms with E-state index in [0.717, 1.165) is 0 Å². The molecule has 0 radical (unpaired) electrons. The van der Waals surface area contributed by atoms with Crippen molar-refractivity contribution in [1.82, 2.24) is 15.5 Å². The van der Waals surface area contributed by atoms with Crippen LogP contribution < -0.4 is 15.4 Å². The van der Waals surface area contributed by atoms with E-state index in [-0.39, 0.29) is 18.4 Å². The molecule has 2 N–H and O–H groups in total. The number of hydrogen-bond donors (Lipinski definition) is 2. The standard InChI is InChI=1S/C20H29N3O6/c1-6-28-15-9-7-14(8-10-15)19(26)22-18(13(2)3)20(27)29-12-16(24)21-11-17(25)23(4)5/h7-10,13,18H,6,11-12H2,1-5H3,(H,21,24)(H,22,26)/t18-/m0/s1. The maximum atomic E-state index is 12.4. The summed E-state index contributed by atoms with van der Waals surface area (Å²) in [5.41, 5.74) is 0.367. The fourth-order valence-electron chi connectivity index (χ4n) is 2.20. The van der Waals surface area contributed by atoms with Gasteiger partial charge in [0.1, 0.15) is 11.8 Å². The van der Waals surface area contributed by atoms with Crippen LogP contribution in [0.4, 0.5) is 0 Å². The average Bonchev–Trinajstić information content (AvgIpc) is 2.68. The molecular weight excluding hydrogens is 378 g/mol. The number of carbonyl (C=O) groups is 4. The number of ether oxygens (including phenoxy) is 2. The van der Waals surface area contributed by atoms with Crippen LogP contribution >= 0.6 is 0 Å². The van der Waals surface area contributed by atoms with Crippen molar-refractivity contribution in [3.63, 3.8) is 0 Å². The molecule has 29 heavy (non-hydrogen) atoms. The third-order valence-electron chi connectivity index (χ3n) is 3.92. The molecule has 0 bridgehead atoms. The molecule has 0 spiro atoms. The zero-order valence-electron chi connectivity index (χ0n) is 17.5. The number of likely N-dealkylation sites (N-methyl/N-ethyl adjacent to an activating group) is 1. The summed E-state index contributed by atoms with van der Waals surface area (Å²) in [6.45, 7) is 5.15. The molecule has 9 heteroatoms. The van der Waals surface area contributed by atoms with E-state index in [9.17, 15) is 19.2 Å². The van der Waals surface area contributed by atoms with Crippen molar-refractivity contribution in [2.24, 2.45) is 5.92 Å². The maximum absolute atomic E-state index is 12.4. The van der Waals surface area contributed by atoms with Crippen LogP contribution in [0.1, 0.15) is 31.1 Å². The normalized spacial score (nSPS) is 11.4. The fraction of sp³-hybridized carbons (Fsp3) is 0.500. The van der Waals surface area contributed by atoms with Gasteiger partial charge in [0.05, 0.1) is 13.2 Å². The van der Waals surface area contributed by atoms with Gasteiger partial charge in [0.2, 0.25) is 5.91 Å². The van der Waals surface area contributed by atoms with Crippen LogP contribution in [-0.2, 0) is 19.1 Å². The largest absolute Gasteiger partial charge is 0.494 e. The summed E-state index contributed by atoms with van der Waals surface area (Å²) in [5, 5.41) is 4.99. The van der Waals surface area contributed by atoms with Gasteiger partial charge in [0.25, 0.3) is 11.8 Å². The van der Waals surface area contributed by atoms with Gasteiger partial charge in [-0.15, -0.1) is 0 Å². The lowest BCUT2D eigenvalue weighted by Crippen LogP contribution is -2.46. The Morgan fingerprint density at radius 3 is 2.21 bits per heavy atom. The SMILES string of the molecule is CCOc1ccc(C(=O)N[C@H](C(=O)OCC(=O)NCC(=O)N(C)C)C(C)C)cc1. The third kappa shape index (κ3) is 8.20. The van der Waals surface area contributed by atoms with Gasteiger partial charge in [0, 0.05) is 19.7 Å². The number of rotatable bonds is 10. The molecule has 1 aromatic carbocycles. The molecule has 0 aliphatic heterocycles. The van der Waals surface area contributed by atoms with Crippen LogP contribution in [0.5, 0.6) is 5.75 Å². The van der Waals surface area contributed by atoms with E-state index < -0.39 is 30.4 Å². The van der Waals surface area contributed by atoms with Crippen LogP contribution in [0.2, 0.25) is 0 Å². The highest BCUT2D eigenvalue weighted by Crippen LogP contribution is 2.13. The van der Waals surface area contributed by atoms with Crippen LogP contribution in [0.3, 0.4) is 0 Å². The van der Waals surface area contributed by atoms with Crippen LogP contribution in [0.15, 0.2) is 24.3 Å². The first-order valence-electron chi connectivity index (χ1n) is 9.32. The number of nitrogens with zero attached hydrogens (tertiary/aromatic N) is 1. The molecule has 0 aliphatic rings. The van der Waals surface area contributed by atoms with Gasteiger partial charge in [-0.2, -0.15) is 0 Å². The minimum absolute atomic E-state index is 0.189. The summed E-state index contributed by atoms with van der Waals surface area (Å²) in [4.78, 5) is 49.3. The second-order valence-corrected chi connectivity index (χ2v) is 6.83. The van der Waals surface area contributed by atoms with Gasteiger partial charge in [-0.3, -0.25) is 14.4 Å². The summed E-state index contributed by atoms with van der Waals surface area (Å²) in [7, 11) is 3.13. The van der Waals surface area contributed by atoms with E-state index in [1.165, 1.54) is 4.90 Å². The Bertz CT molecular complexity index is 715. The van der Waals surface area contributed by atoms with E-state index in [0.29, 0.717) is 17.9 Å². The molecule has 0 aromatic heterocycles. The molecule has 1 atom stereocenters. The minimum Gasteiger partial charge on any atom is -0.494 e. The first-order valence-corrected chi connectivity index (χ1v) is 9.32. The zero-order chi connectivity index (χ0) is 22.0. The highest BCUT2D eigenvalue weighted by molar-refractivity contribution is 5.97. The smallest absolute Gasteiger partial charge is 0.329 e. The monoisotopic (exact) mass is 407 g/mol. The number of amides is 3.